The van der Waals surface area contributed by atoms with Gasteiger partial charge in [0.15, 0.2) is 5.78 Å². The van der Waals surface area contributed by atoms with E-state index in [0.717, 1.165) is 49.7 Å². The lowest BCUT2D eigenvalue weighted by atomic mass is 9.76. The van der Waals surface area contributed by atoms with Gasteiger partial charge >= 0.3 is 5.97 Å². The normalized spacial score (nSPS) is 21.8. The largest absolute Gasteiger partial charge is 0.468 e. The third-order valence-corrected chi connectivity index (χ3v) is 6.50. The topological polar surface area (TPSA) is 61.9 Å². The van der Waals surface area contributed by atoms with Crippen molar-refractivity contribution in [2.45, 2.75) is 19.3 Å². The van der Waals surface area contributed by atoms with Crippen LogP contribution < -0.4 is 10.2 Å². The Morgan fingerprint density at radius 3 is 2.34 bits per heavy atom. The molecule has 2 aliphatic rings. The second-order valence-electron chi connectivity index (χ2n) is 8.39. The van der Waals surface area contributed by atoms with Gasteiger partial charge in [-0.05, 0) is 42.8 Å². The number of benzene rings is 2. The fourth-order valence-electron chi connectivity index (χ4n) is 4.64. The molecule has 1 aliphatic carbocycles. The maximum Gasteiger partial charge on any atom is 0.317 e. The highest BCUT2D eigenvalue weighted by atomic mass is 16.5. The van der Waals surface area contributed by atoms with E-state index in [9.17, 15) is 9.59 Å². The molecule has 0 amide bonds. The number of anilines is 2. The van der Waals surface area contributed by atoms with E-state index in [0.29, 0.717) is 6.42 Å². The maximum absolute atomic E-state index is 12.9. The molecule has 1 heterocycles. The van der Waals surface area contributed by atoms with Crippen LogP contribution in [0.15, 0.2) is 66.4 Å². The minimum atomic E-state index is -0.808. The molecule has 2 aromatic rings. The predicted octanol–water partition coefficient (Wildman–Crippen LogP) is 3.67. The van der Waals surface area contributed by atoms with E-state index >= 15 is 0 Å². The molecule has 2 atom stereocenters. The smallest absolute Gasteiger partial charge is 0.317 e. The molecule has 32 heavy (non-hydrogen) atoms. The molecule has 0 radical (unpaired) electrons. The second-order valence-corrected chi connectivity index (χ2v) is 8.39. The van der Waals surface area contributed by atoms with Crippen molar-refractivity contribution >= 4 is 23.1 Å². The number of esters is 1. The fraction of sp³-hybridized carbons (Fsp3) is 0.385. The molecule has 0 spiro atoms. The van der Waals surface area contributed by atoms with Crippen molar-refractivity contribution < 1.29 is 14.3 Å². The highest BCUT2D eigenvalue weighted by Crippen LogP contribution is 2.37. The third kappa shape index (κ3) is 4.86. The Morgan fingerprint density at radius 1 is 1.03 bits per heavy atom. The first kappa shape index (κ1) is 22.1. The van der Waals surface area contributed by atoms with Gasteiger partial charge in [-0.25, -0.2) is 0 Å². The summed E-state index contributed by atoms with van der Waals surface area (Å²) in [5.41, 5.74) is 3.93. The van der Waals surface area contributed by atoms with E-state index in [2.05, 4.69) is 46.3 Å². The van der Waals surface area contributed by atoms with Crippen LogP contribution in [0.4, 0.5) is 11.4 Å². The Morgan fingerprint density at radius 2 is 1.72 bits per heavy atom. The summed E-state index contributed by atoms with van der Waals surface area (Å²) < 4.78 is 4.93. The summed E-state index contributed by atoms with van der Waals surface area (Å²) in [6.07, 6.45) is 2.12. The number of nitrogens with one attached hydrogen (secondary N) is 1. The first-order chi connectivity index (χ1) is 15.6. The molecule has 6 nitrogen and oxygen atoms in total. The number of allylic oxidation sites excluding steroid dienone is 2. The second kappa shape index (κ2) is 10.0. The van der Waals surface area contributed by atoms with E-state index < -0.39 is 11.9 Å². The van der Waals surface area contributed by atoms with Crippen molar-refractivity contribution in [2.24, 2.45) is 5.92 Å². The number of methoxy groups -OCH3 is 1. The van der Waals surface area contributed by atoms with Gasteiger partial charge in [0.1, 0.15) is 5.92 Å². The standard InChI is InChI=1S/C26H31N3O3/c1-3-28-13-15-29(16-14-28)22-11-9-20(10-12-22)27-21-17-23(19-7-5-4-6-8-19)25(24(30)18-21)26(31)32-2/h4-12,18,23,25,27H,3,13-17H2,1-2H3. The van der Waals surface area contributed by atoms with Gasteiger partial charge in [-0.15, -0.1) is 0 Å². The number of ketones is 1. The summed E-state index contributed by atoms with van der Waals surface area (Å²) in [5.74, 6) is -1.76. The van der Waals surface area contributed by atoms with Crippen LogP contribution in [0.1, 0.15) is 24.8 Å². The molecule has 168 valence electrons. The predicted molar refractivity (Wildman–Crippen MR) is 127 cm³/mol. The molecule has 2 unspecified atom stereocenters. The number of carbonyl (C=O) groups excluding carboxylic acids is 2. The highest BCUT2D eigenvalue weighted by molar-refractivity contribution is 6.07. The maximum atomic E-state index is 12.9. The highest BCUT2D eigenvalue weighted by Gasteiger charge is 2.39. The van der Waals surface area contributed by atoms with Crippen molar-refractivity contribution in [3.8, 4) is 0 Å². The molecule has 1 aliphatic heterocycles. The van der Waals surface area contributed by atoms with Crippen LogP contribution in [-0.4, -0.2) is 56.5 Å². The quantitative estimate of drug-likeness (QED) is 0.554. The van der Waals surface area contributed by atoms with Crippen molar-refractivity contribution in [2.75, 3.05) is 50.1 Å². The Kier molecular flexibility index (Phi) is 6.90. The minimum Gasteiger partial charge on any atom is -0.468 e. The zero-order valence-corrected chi connectivity index (χ0v) is 18.8. The molecule has 6 heteroatoms. The van der Waals surface area contributed by atoms with Crippen LogP contribution in [0, 0.1) is 5.92 Å². The summed E-state index contributed by atoms with van der Waals surface area (Å²) in [4.78, 5) is 30.1. The van der Waals surface area contributed by atoms with Gasteiger partial charge in [-0.1, -0.05) is 37.3 Å². The lowest BCUT2D eigenvalue weighted by molar-refractivity contribution is -0.149. The average molecular weight is 434 g/mol. The van der Waals surface area contributed by atoms with Gasteiger partial charge in [0.05, 0.1) is 7.11 Å². The van der Waals surface area contributed by atoms with E-state index in [1.807, 2.05) is 30.3 Å². The number of carbonyl (C=O) groups is 2. The molecule has 1 N–H and O–H groups in total. The monoisotopic (exact) mass is 433 g/mol. The van der Waals surface area contributed by atoms with E-state index in [1.54, 1.807) is 6.08 Å². The van der Waals surface area contributed by atoms with Crippen LogP contribution in [0.3, 0.4) is 0 Å². The van der Waals surface area contributed by atoms with Gasteiger partial charge in [-0.2, -0.15) is 0 Å². The summed E-state index contributed by atoms with van der Waals surface area (Å²) in [6, 6.07) is 18.1. The molecular weight excluding hydrogens is 402 g/mol. The van der Waals surface area contributed by atoms with Crippen LogP contribution in [0.2, 0.25) is 0 Å². The lowest BCUT2D eigenvalue weighted by Gasteiger charge is -2.35. The fourth-order valence-corrected chi connectivity index (χ4v) is 4.64. The van der Waals surface area contributed by atoms with Crippen molar-refractivity contribution in [1.29, 1.82) is 0 Å². The summed E-state index contributed by atoms with van der Waals surface area (Å²) in [5, 5.41) is 3.40. The summed E-state index contributed by atoms with van der Waals surface area (Å²) in [7, 11) is 1.33. The SMILES string of the molecule is CCN1CCN(c2ccc(NC3=CC(=O)C(C(=O)OC)C(c4ccccc4)C3)cc2)CC1. The molecule has 2 aromatic carbocycles. The van der Waals surface area contributed by atoms with E-state index in [1.165, 1.54) is 12.8 Å². The number of hydrogen-bond donors (Lipinski definition) is 1. The van der Waals surface area contributed by atoms with Gasteiger partial charge in [0.2, 0.25) is 0 Å². The first-order valence-electron chi connectivity index (χ1n) is 11.3. The van der Waals surface area contributed by atoms with Crippen LogP contribution in [-0.2, 0) is 14.3 Å². The van der Waals surface area contributed by atoms with Crippen molar-refractivity contribution in [3.05, 3.63) is 71.9 Å². The van der Waals surface area contributed by atoms with Gasteiger partial charge < -0.3 is 19.9 Å². The third-order valence-electron chi connectivity index (χ3n) is 6.50. The number of nitrogens with zero attached hydrogens (tertiary/aromatic N) is 2. The molecular formula is C26H31N3O3. The summed E-state index contributed by atoms with van der Waals surface area (Å²) >= 11 is 0. The number of ether oxygens (including phenoxy) is 1. The van der Waals surface area contributed by atoms with Crippen molar-refractivity contribution in [3.63, 3.8) is 0 Å². The Balaban J connectivity index is 1.48. The first-order valence-corrected chi connectivity index (χ1v) is 11.3. The molecule has 0 bridgehead atoms. The van der Waals surface area contributed by atoms with Gasteiger partial charge in [-0.3, -0.25) is 9.59 Å². The van der Waals surface area contributed by atoms with Crippen LogP contribution in [0.5, 0.6) is 0 Å². The summed E-state index contributed by atoms with van der Waals surface area (Å²) in [6.45, 7) is 7.56. The van der Waals surface area contributed by atoms with Gasteiger partial charge in [0, 0.05) is 55.2 Å². The Bertz CT molecular complexity index is 964. The molecule has 4 rings (SSSR count). The molecule has 1 saturated heterocycles. The number of hydrogen-bond acceptors (Lipinski definition) is 6. The number of likely N-dealkylation sites (N-methyl/N-ethyl adjacent to an activating group) is 1. The Hall–Kier alpha value is -3.12. The Labute approximate surface area is 189 Å². The molecule has 0 aromatic heterocycles. The van der Waals surface area contributed by atoms with Gasteiger partial charge in [0.25, 0.3) is 0 Å². The molecule has 1 fully saturated rings. The average Bonchev–Trinajstić information content (AvgIpc) is 2.84. The van der Waals surface area contributed by atoms with Crippen LogP contribution in [0.25, 0.3) is 0 Å². The zero-order chi connectivity index (χ0) is 22.5. The van der Waals surface area contributed by atoms with Crippen molar-refractivity contribution in [1.82, 2.24) is 4.90 Å². The zero-order valence-electron chi connectivity index (χ0n) is 18.8. The van der Waals surface area contributed by atoms with E-state index in [4.69, 9.17) is 4.74 Å². The molecule has 0 saturated carbocycles. The number of piperazine rings is 1. The van der Waals surface area contributed by atoms with Crippen LogP contribution >= 0.6 is 0 Å². The van der Waals surface area contributed by atoms with E-state index in [-0.39, 0.29) is 11.7 Å². The lowest BCUT2D eigenvalue weighted by Crippen LogP contribution is -2.46. The number of rotatable bonds is 6. The minimum absolute atomic E-state index is 0.218.